The second-order valence-electron chi connectivity index (χ2n) is 13.7. The maximum atomic E-state index is 12.7. The molecule has 2 aliphatic heterocycles. The Labute approximate surface area is 329 Å². The molecule has 2 aliphatic rings. The maximum absolute atomic E-state index is 12.7. The molecular formula is C43H57N7O6. The van der Waals surface area contributed by atoms with E-state index in [1.54, 1.807) is 11.2 Å². The van der Waals surface area contributed by atoms with Crippen LogP contribution in [0.3, 0.4) is 0 Å². The number of methoxy groups -OCH3 is 2. The predicted octanol–water partition coefficient (Wildman–Crippen LogP) is 8.20. The van der Waals surface area contributed by atoms with Gasteiger partial charge in [-0.25, -0.2) is 14.6 Å². The zero-order chi connectivity index (χ0) is 40.5. The van der Waals surface area contributed by atoms with Gasteiger partial charge in [0.15, 0.2) is 0 Å². The Kier molecular flexibility index (Phi) is 16.8. The highest BCUT2D eigenvalue weighted by Crippen LogP contribution is 2.35. The third-order valence-corrected chi connectivity index (χ3v) is 9.14. The van der Waals surface area contributed by atoms with Gasteiger partial charge in [0, 0.05) is 30.8 Å². The molecule has 5 aromatic rings. The summed E-state index contributed by atoms with van der Waals surface area (Å²) in [6, 6.07) is 23.3. The lowest BCUT2D eigenvalue weighted by Crippen LogP contribution is -2.39. The number of H-pyrrole nitrogens is 2. The molecule has 300 valence electrons. The number of imidazole rings is 1. The van der Waals surface area contributed by atoms with Crippen LogP contribution < -0.4 is 10.6 Å². The zero-order valence-corrected chi connectivity index (χ0v) is 33.6. The fourth-order valence-corrected chi connectivity index (χ4v) is 6.49. The van der Waals surface area contributed by atoms with E-state index >= 15 is 0 Å². The number of hydrogen-bond donors (Lipinski definition) is 4. The molecule has 1 atom stereocenters. The molecule has 2 fully saturated rings. The van der Waals surface area contributed by atoms with Crippen molar-refractivity contribution in [1.82, 2.24) is 35.4 Å². The van der Waals surface area contributed by atoms with Crippen molar-refractivity contribution in [2.45, 2.75) is 72.3 Å². The molecule has 0 radical (unpaired) electrons. The van der Waals surface area contributed by atoms with Gasteiger partial charge in [-0.05, 0) is 77.6 Å². The van der Waals surface area contributed by atoms with Crippen LogP contribution in [0.25, 0.3) is 44.2 Å². The first-order valence-electron chi connectivity index (χ1n) is 19.5. The number of fused-ring (bicyclic) bond motifs is 2. The van der Waals surface area contributed by atoms with E-state index in [2.05, 4.69) is 123 Å². The summed E-state index contributed by atoms with van der Waals surface area (Å²) in [5.41, 5.74) is 8.59. The maximum Gasteiger partial charge on any atom is 0.407 e. The Balaban J connectivity index is 0.000000305. The smallest absolute Gasteiger partial charge is 0.407 e. The molecule has 13 heteroatoms. The first-order chi connectivity index (χ1) is 27.1. The molecule has 13 nitrogen and oxygen atoms in total. The molecule has 0 bridgehead atoms. The Morgan fingerprint density at radius 2 is 1.23 bits per heavy atom. The summed E-state index contributed by atoms with van der Waals surface area (Å²) in [6.45, 7) is 10.8. The number of benzene rings is 3. The third-order valence-electron chi connectivity index (χ3n) is 9.14. The summed E-state index contributed by atoms with van der Waals surface area (Å²) in [5, 5.41) is 5.95. The number of carbonyl (C=O) groups is 4. The van der Waals surface area contributed by atoms with E-state index in [9.17, 15) is 19.2 Å². The number of rotatable bonds is 7. The highest BCUT2D eigenvalue weighted by atomic mass is 16.5. The number of nitrogens with one attached hydrogen (secondary N) is 4. The van der Waals surface area contributed by atoms with Gasteiger partial charge >= 0.3 is 12.2 Å². The fourth-order valence-electron chi connectivity index (χ4n) is 6.49. The van der Waals surface area contributed by atoms with Crippen LogP contribution in [0.2, 0.25) is 0 Å². The molecule has 2 aromatic heterocycles. The van der Waals surface area contributed by atoms with E-state index < -0.39 is 12.2 Å². The topological polar surface area (TPSA) is 162 Å². The molecule has 0 unspecified atom stereocenters. The van der Waals surface area contributed by atoms with Crippen molar-refractivity contribution in [1.29, 1.82) is 0 Å². The van der Waals surface area contributed by atoms with Gasteiger partial charge < -0.3 is 39.9 Å². The second-order valence-corrected chi connectivity index (χ2v) is 13.7. The van der Waals surface area contributed by atoms with E-state index in [1.165, 1.54) is 27.1 Å². The van der Waals surface area contributed by atoms with E-state index in [4.69, 9.17) is 0 Å². The van der Waals surface area contributed by atoms with Crippen molar-refractivity contribution in [3.05, 3.63) is 78.8 Å². The van der Waals surface area contributed by atoms with Crippen LogP contribution in [0.4, 0.5) is 9.59 Å². The second kappa shape index (κ2) is 21.9. The van der Waals surface area contributed by atoms with Gasteiger partial charge in [-0.3, -0.25) is 9.59 Å². The van der Waals surface area contributed by atoms with Gasteiger partial charge in [0.05, 0.1) is 37.6 Å². The quantitative estimate of drug-likeness (QED) is 0.130. The molecule has 7 rings (SSSR count). The normalized spacial score (nSPS) is 14.4. The number of nitrogens with zero attached hydrogens (tertiary/aromatic N) is 3. The summed E-state index contributed by atoms with van der Waals surface area (Å²) in [6.07, 6.45) is 6.98. The van der Waals surface area contributed by atoms with Crippen molar-refractivity contribution in [2.24, 2.45) is 0 Å². The molecule has 2 saturated heterocycles. The van der Waals surface area contributed by atoms with Crippen LogP contribution in [0.15, 0.2) is 73.1 Å². The van der Waals surface area contributed by atoms with E-state index in [1.807, 2.05) is 11.0 Å². The lowest BCUT2D eigenvalue weighted by Gasteiger charge is -2.24. The van der Waals surface area contributed by atoms with Gasteiger partial charge in [-0.15, -0.1) is 0 Å². The van der Waals surface area contributed by atoms with Crippen molar-refractivity contribution in [3.8, 4) is 22.3 Å². The number of ether oxygens (including phenoxy) is 2. The van der Waals surface area contributed by atoms with Gasteiger partial charge in [0.25, 0.3) is 0 Å². The van der Waals surface area contributed by atoms with Gasteiger partial charge in [-0.2, -0.15) is 0 Å². The summed E-state index contributed by atoms with van der Waals surface area (Å²) in [5.74, 6) is -0.151. The standard InChI is InChI=1S/C29H27N5O3.C8H14N2O3.2C3H8/c1-37-29(36)30-16-28(35)34-12-2-3-27(34)26-15-22-9-8-20(13-24(22)33-26)18-4-6-19(7-5-18)21-10-11-23-25(14-21)32-17-31-23;1-13-8(12)9-6-7(11)10-4-2-3-5-10;2*1-3-2/h4-11,13-15,17,27,33H,2-3,12,16H2,1H3,(H,30,36)(H,31,32);2-6H2,1H3,(H,9,12);2*3H2,1-2H3/t27-;;;/m1.../s1. The zero-order valence-electron chi connectivity index (χ0n) is 33.6. The minimum absolute atomic E-state index is 0.0331. The van der Waals surface area contributed by atoms with Crippen LogP contribution in [0.5, 0.6) is 0 Å². The molecule has 4 N–H and O–H groups in total. The number of carbonyl (C=O) groups excluding carboxylic acids is 4. The number of aromatic nitrogens is 3. The molecule has 4 heterocycles. The van der Waals surface area contributed by atoms with Crippen molar-refractivity contribution in [2.75, 3.05) is 46.9 Å². The van der Waals surface area contributed by atoms with Gasteiger partial charge in [0.2, 0.25) is 11.8 Å². The molecule has 0 aliphatic carbocycles. The summed E-state index contributed by atoms with van der Waals surface area (Å²) in [4.78, 5) is 60.6. The average Bonchev–Trinajstić information content (AvgIpc) is 4.06. The number of likely N-dealkylation sites (tertiary alicyclic amines) is 2. The summed E-state index contributed by atoms with van der Waals surface area (Å²) >= 11 is 0. The Morgan fingerprint density at radius 3 is 1.82 bits per heavy atom. The number of aromatic amines is 2. The van der Waals surface area contributed by atoms with Crippen molar-refractivity contribution >= 4 is 45.9 Å². The monoisotopic (exact) mass is 767 g/mol. The molecule has 3 aromatic carbocycles. The van der Waals surface area contributed by atoms with E-state index in [-0.39, 0.29) is 30.9 Å². The SMILES string of the molecule is CCC.CCC.COC(=O)NCC(=O)N1CCCC1.COC(=O)NCC(=O)N1CCC[C@@H]1c1cc2ccc(-c3ccc(-c4ccc5nc[nH]c5c4)cc3)cc2[nH]1. The van der Waals surface area contributed by atoms with Gasteiger partial charge in [0.1, 0.15) is 13.1 Å². The van der Waals surface area contributed by atoms with Gasteiger partial charge in [-0.1, -0.05) is 83.0 Å². The Morgan fingerprint density at radius 1 is 0.696 bits per heavy atom. The van der Waals surface area contributed by atoms with Crippen molar-refractivity contribution < 1.29 is 28.7 Å². The number of alkyl carbamates (subject to hydrolysis) is 2. The minimum atomic E-state index is -0.603. The number of hydrogen-bond acceptors (Lipinski definition) is 7. The summed E-state index contributed by atoms with van der Waals surface area (Å²) < 4.78 is 8.92. The first-order valence-corrected chi connectivity index (χ1v) is 19.5. The molecule has 4 amide bonds. The highest BCUT2D eigenvalue weighted by molar-refractivity contribution is 5.88. The largest absolute Gasteiger partial charge is 0.453 e. The average molecular weight is 768 g/mol. The van der Waals surface area contributed by atoms with E-state index in [0.717, 1.165) is 88.7 Å². The Hall–Kier alpha value is -5.85. The molecule has 0 saturated carbocycles. The summed E-state index contributed by atoms with van der Waals surface area (Å²) in [7, 11) is 2.56. The first kappa shape index (κ1) is 42.9. The van der Waals surface area contributed by atoms with Crippen LogP contribution >= 0.6 is 0 Å². The third kappa shape index (κ3) is 11.8. The Bertz CT molecular complexity index is 2010. The van der Waals surface area contributed by atoms with E-state index in [0.29, 0.717) is 6.54 Å². The highest BCUT2D eigenvalue weighted by Gasteiger charge is 2.31. The van der Waals surface area contributed by atoms with Crippen LogP contribution in [0.1, 0.15) is 78.0 Å². The fraction of sp³-hybridized carbons (Fsp3) is 0.419. The minimum Gasteiger partial charge on any atom is -0.453 e. The molecule has 0 spiro atoms. The van der Waals surface area contributed by atoms with Crippen LogP contribution in [0, 0.1) is 0 Å². The lowest BCUT2D eigenvalue weighted by atomic mass is 9.99. The molecular weight excluding hydrogens is 711 g/mol. The van der Waals surface area contributed by atoms with Crippen molar-refractivity contribution in [3.63, 3.8) is 0 Å². The lowest BCUT2D eigenvalue weighted by molar-refractivity contribution is -0.131. The molecule has 56 heavy (non-hydrogen) atoms. The predicted molar refractivity (Wildman–Crippen MR) is 221 cm³/mol. The van der Waals surface area contributed by atoms with Crippen LogP contribution in [-0.2, 0) is 19.1 Å². The van der Waals surface area contributed by atoms with Crippen LogP contribution in [-0.4, -0.2) is 95.7 Å². The number of amides is 4.